The fourth-order valence-electron chi connectivity index (χ4n) is 5.69. The summed E-state index contributed by atoms with van der Waals surface area (Å²) in [5, 5.41) is 16.8. The van der Waals surface area contributed by atoms with Gasteiger partial charge < -0.3 is 10.2 Å². The van der Waals surface area contributed by atoms with E-state index in [0.29, 0.717) is 12.3 Å². The first-order valence-corrected chi connectivity index (χ1v) is 19.1. The summed E-state index contributed by atoms with van der Waals surface area (Å²) in [4.78, 5) is 28.4. The number of sulfonamides is 1. The van der Waals surface area contributed by atoms with Gasteiger partial charge in [0, 0.05) is 62.3 Å². The fourth-order valence-corrected chi connectivity index (χ4v) is 8.40. The lowest BCUT2D eigenvalue weighted by Crippen LogP contribution is -2.46. The Labute approximate surface area is 294 Å². The van der Waals surface area contributed by atoms with Gasteiger partial charge in [0.05, 0.1) is 14.0 Å². The first kappa shape index (κ1) is 34.2. The topological polar surface area (TPSA) is 125 Å². The number of hydrogen-bond acceptors (Lipinski definition) is 10. The second-order valence-electron chi connectivity index (χ2n) is 11.4. The van der Waals surface area contributed by atoms with E-state index in [9.17, 15) is 23.3 Å². The summed E-state index contributed by atoms with van der Waals surface area (Å²) in [5.74, 6) is -0.142. The van der Waals surface area contributed by atoms with E-state index in [1.165, 1.54) is 28.8 Å². The molecule has 1 aromatic heterocycles. The highest BCUT2D eigenvalue weighted by atomic mass is 32.2. The number of piperazine rings is 1. The molecule has 2 N–H and O–H groups in total. The van der Waals surface area contributed by atoms with Gasteiger partial charge in [-0.05, 0) is 64.5 Å². The molecule has 10 nitrogen and oxygen atoms in total. The number of rotatable bonds is 13. The minimum absolute atomic E-state index is 0.166. The molecule has 1 aliphatic rings. The number of nitro benzene ring substituents is 1. The maximum absolute atomic E-state index is 13.1. The van der Waals surface area contributed by atoms with E-state index in [1.54, 1.807) is 35.2 Å². The minimum atomic E-state index is -4.37. The Bertz CT molecular complexity index is 2000. The normalized spacial score (nSPS) is 13.6. The second kappa shape index (κ2) is 15.7. The van der Waals surface area contributed by atoms with Crippen LogP contribution in [0.25, 0.3) is 11.1 Å². The van der Waals surface area contributed by atoms with Gasteiger partial charge in [-0.2, -0.15) is 0 Å². The molecule has 13 heteroatoms. The second-order valence-corrected chi connectivity index (χ2v) is 15.4. The van der Waals surface area contributed by atoms with E-state index < -0.39 is 20.9 Å². The zero-order valence-corrected chi connectivity index (χ0v) is 29.0. The number of carbonyl (C=O) groups excluding carboxylic acids is 1. The predicted octanol–water partition coefficient (Wildman–Crippen LogP) is 6.97. The van der Waals surface area contributed by atoms with Gasteiger partial charge in [-0.3, -0.25) is 19.8 Å². The first-order valence-electron chi connectivity index (χ1n) is 15.7. The number of benzene rings is 4. The molecule has 252 valence electrons. The standard InChI is InChI=1S/C36H35N5O5S3/c42-36(38-49(45,46)31-16-17-33(34(25-31)41(43)44)37-18-24-48-35-11-6-23-47-35)28-12-14-30(15-13-28)40-21-19-39(20-22-40)26-29-9-4-5-10-32(29)27-7-2-1-3-8-27/h1-17,23,25,37H,18-22,24,26H2,(H,38,42). The van der Waals surface area contributed by atoms with Crippen molar-refractivity contribution in [2.75, 3.05) is 48.7 Å². The Kier molecular flexibility index (Phi) is 10.9. The minimum Gasteiger partial charge on any atom is -0.379 e. The van der Waals surface area contributed by atoms with Crippen LogP contribution < -0.4 is 14.9 Å². The smallest absolute Gasteiger partial charge is 0.293 e. The van der Waals surface area contributed by atoms with Crippen LogP contribution >= 0.6 is 23.1 Å². The van der Waals surface area contributed by atoms with Crippen LogP contribution in [0.3, 0.4) is 0 Å². The van der Waals surface area contributed by atoms with Gasteiger partial charge in [-0.25, -0.2) is 13.1 Å². The summed E-state index contributed by atoms with van der Waals surface area (Å²) in [7, 11) is -4.37. The molecule has 1 saturated heterocycles. The average molecular weight is 714 g/mol. The number of thioether (sulfide) groups is 1. The van der Waals surface area contributed by atoms with Crippen molar-refractivity contribution in [3.05, 3.63) is 136 Å². The number of anilines is 2. The Balaban J connectivity index is 1.03. The van der Waals surface area contributed by atoms with E-state index in [4.69, 9.17) is 0 Å². The first-order chi connectivity index (χ1) is 23.8. The maximum atomic E-state index is 13.1. The number of nitro groups is 1. The van der Waals surface area contributed by atoms with Gasteiger partial charge in [-0.1, -0.05) is 60.7 Å². The molecule has 6 rings (SSSR count). The third kappa shape index (κ3) is 8.67. The average Bonchev–Trinajstić information content (AvgIpc) is 3.65. The zero-order valence-electron chi connectivity index (χ0n) is 26.5. The van der Waals surface area contributed by atoms with Crippen molar-refractivity contribution in [3.8, 4) is 11.1 Å². The molecule has 0 bridgehead atoms. The highest BCUT2D eigenvalue weighted by Gasteiger charge is 2.24. The quantitative estimate of drug-likeness (QED) is 0.0576. The molecule has 0 aliphatic carbocycles. The van der Waals surface area contributed by atoms with Crippen LogP contribution in [0.1, 0.15) is 15.9 Å². The van der Waals surface area contributed by atoms with E-state index in [1.807, 2.05) is 35.7 Å². The highest BCUT2D eigenvalue weighted by molar-refractivity contribution is 8.01. The lowest BCUT2D eigenvalue weighted by molar-refractivity contribution is -0.384. The molecule has 4 aromatic carbocycles. The van der Waals surface area contributed by atoms with Crippen LogP contribution in [-0.4, -0.2) is 62.6 Å². The number of hydrogen-bond donors (Lipinski definition) is 2. The zero-order chi connectivity index (χ0) is 34.2. The molecule has 5 aromatic rings. The van der Waals surface area contributed by atoms with Gasteiger partial charge in [-0.15, -0.1) is 23.1 Å². The van der Waals surface area contributed by atoms with Crippen LogP contribution in [-0.2, 0) is 16.6 Å². The molecule has 0 radical (unpaired) electrons. The van der Waals surface area contributed by atoms with Gasteiger partial charge in [0.2, 0.25) is 0 Å². The summed E-state index contributed by atoms with van der Waals surface area (Å²) in [6.07, 6.45) is 0. The Morgan fingerprint density at radius 3 is 2.33 bits per heavy atom. The molecular weight excluding hydrogens is 679 g/mol. The molecule has 0 unspecified atom stereocenters. The van der Waals surface area contributed by atoms with Crippen molar-refractivity contribution in [3.63, 3.8) is 0 Å². The number of carbonyl (C=O) groups is 1. The van der Waals surface area contributed by atoms with E-state index >= 15 is 0 Å². The third-order valence-corrected chi connectivity index (χ3v) is 11.7. The summed E-state index contributed by atoms with van der Waals surface area (Å²) in [6, 6.07) is 33.2. The van der Waals surface area contributed by atoms with Crippen molar-refractivity contribution < 1.29 is 18.1 Å². The lowest BCUT2D eigenvalue weighted by atomic mass is 9.99. The van der Waals surface area contributed by atoms with Crippen molar-refractivity contribution in [2.45, 2.75) is 15.6 Å². The molecule has 1 fully saturated rings. The molecule has 0 spiro atoms. The van der Waals surface area contributed by atoms with Crippen LogP contribution in [0.5, 0.6) is 0 Å². The van der Waals surface area contributed by atoms with E-state index in [0.717, 1.165) is 48.7 Å². The maximum Gasteiger partial charge on any atom is 0.293 e. The molecule has 2 heterocycles. The fraction of sp³-hybridized carbons (Fsp3) is 0.194. The van der Waals surface area contributed by atoms with Gasteiger partial charge in [0.1, 0.15) is 5.69 Å². The largest absolute Gasteiger partial charge is 0.379 e. The summed E-state index contributed by atoms with van der Waals surface area (Å²) >= 11 is 3.23. The summed E-state index contributed by atoms with van der Waals surface area (Å²) in [5.41, 5.74) is 4.65. The van der Waals surface area contributed by atoms with Gasteiger partial charge >= 0.3 is 0 Å². The van der Waals surface area contributed by atoms with Crippen LogP contribution in [0.4, 0.5) is 17.1 Å². The van der Waals surface area contributed by atoms with Crippen molar-refractivity contribution in [1.82, 2.24) is 9.62 Å². The summed E-state index contributed by atoms with van der Waals surface area (Å²) in [6.45, 7) is 4.66. The SMILES string of the molecule is O=C(NS(=O)(=O)c1ccc(NCCSc2cccs2)c([N+](=O)[O-])c1)c1ccc(N2CCN(Cc3ccccc3-c3ccccc3)CC2)cc1. The molecule has 0 atom stereocenters. The monoisotopic (exact) mass is 713 g/mol. The van der Waals surface area contributed by atoms with Gasteiger partial charge in [0.15, 0.2) is 0 Å². The third-order valence-electron chi connectivity index (χ3n) is 8.22. The number of nitrogens with one attached hydrogen (secondary N) is 2. The van der Waals surface area contributed by atoms with Crippen molar-refractivity contribution in [1.29, 1.82) is 0 Å². The number of thiophene rings is 1. The molecule has 0 saturated carbocycles. The number of amides is 1. The molecule has 1 amide bonds. The van der Waals surface area contributed by atoms with Crippen molar-refractivity contribution >= 4 is 56.1 Å². The Morgan fingerprint density at radius 2 is 1.61 bits per heavy atom. The lowest BCUT2D eigenvalue weighted by Gasteiger charge is -2.36. The van der Waals surface area contributed by atoms with Crippen LogP contribution in [0, 0.1) is 10.1 Å². The number of nitrogens with zero attached hydrogens (tertiary/aromatic N) is 3. The van der Waals surface area contributed by atoms with Gasteiger partial charge in [0.25, 0.3) is 21.6 Å². The highest BCUT2D eigenvalue weighted by Crippen LogP contribution is 2.29. The predicted molar refractivity (Wildman–Crippen MR) is 197 cm³/mol. The van der Waals surface area contributed by atoms with Crippen molar-refractivity contribution in [2.24, 2.45) is 0 Å². The summed E-state index contributed by atoms with van der Waals surface area (Å²) < 4.78 is 29.4. The molecule has 49 heavy (non-hydrogen) atoms. The molecule has 1 aliphatic heterocycles. The molecular formula is C36H35N5O5S3. The van der Waals surface area contributed by atoms with Crippen LogP contribution in [0.15, 0.2) is 124 Å². The van der Waals surface area contributed by atoms with Crippen LogP contribution in [0.2, 0.25) is 0 Å². The van der Waals surface area contributed by atoms with E-state index in [2.05, 4.69) is 68.4 Å². The van der Waals surface area contributed by atoms with E-state index in [-0.39, 0.29) is 21.8 Å². The Morgan fingerprint density at radius 1 is 0.878 bits per heavy atom. The Hall–Kier alpha value is -4.69.